The zero-order chi connectivity index (χ0) is 28.7. The van der Waals surface area contributed by atoms with Gasteiger partial charge in [0.1, 0.15) is 23.6 Å². The van der Waals surface area contributed by atoms with Crippen LogP contribution in [0.2, 0.25) is 0 Å². The first-order valence-corrected chi connectivity index (χ1v) is 14.8. The molecule has 6 nitrogen and oxygen atoms in total. The maximum Gasteiger partial charge on any atom is 0.150 e. The second-order valence-corrected chi connectivity index (χ2v) is 9.76. The summed E-state index contributed by atoms with van der Waals surface area (Å²) in [6.45, 7) is 12.2. The predicted octanol–water partition coefficient (Wildman–Crippen LogP) is 6.92. The van der Waals surface area contributed by atoms with Crippen molar-refractivity contribution in [2.75, 3.05) is 32.8 Å². The van der Waals surface area contributed by atoms with Gasteiger partial charge in [0.05, 0.1) is 19.3 Å². The Morgan fingerprint density at radius 2 is 1.46 bits per heavy atom. The summed E-state index contributed by atoms with van der Waals surface area (Å²) in [5.74, 6) is 1.84. The number of hydrogen-bond donors (Lipinski definition) is 1. The molecule has 0 aromatic heterocycles. The molecule has 6 heteroatoms. The van der Waals surface area contributed by atoms with E-state index >= 15 is 0 Å². The summed E-state index contributed by atoms with van der Waals surface area (Å²) in [6.07, 6.45) is 10.0. The summed E-state index contributed by atoms with van der Waals surface area (Å²) >= 11 is 0. The van der Waals surface area contributed by atoms with Gasteiger partial charge in [-0.25, -0.2) is 0 Å². The van der Waals surface area contributed by atoms with Gasteiger partial charge in [-0.05, 0) is 94.1 Å². The molecule has 0 aliphatic carbocycles. The highest BCUT2D eigenvalue weighted by Crippen LogP contribution is 2.16. The molecule has 0 amide bonds. The third-order valence-corrected chi connectivity index (χ3v) is 6.29. The number of Topliss-reactive ketones (excluding diaryl/α,β-unsaturated/α-hetero) is 1. The molecule has 1 heterocycles. The summed E-state index contributed by atoms with van der Waals surface area (Å²) in [5, 5.41) is 10.2. The van der Waals surface area contributed by atoms with Crippen LogP contribution < -0.4 is 9.47 Å². The third-order valence-electron chi connectivity index (χ3n) is 6.29. The smallest absolute Gasteiger partial charge is 0.150 e. The van der Waals surface area contributed by atoms with Gasteiger partial charge < -0.3 is 24.3 Å². The van der Waals surface area contributed by atoms with Crippen molar-refractivity contribution in [3.8, 4) is 11.5 Å². The van der Waals surface area contributed by atoms with E-state index in [1.54, 1.807) is 31.2 Å². The van der Waals surface area contributed by atoms with E-state index in [1.165, 1.54) is 37.7 Å². The highest BCUT2D eigenvalue weighted by atomic mass is 16.5. The SMILES string of the molecule is CC.CC(=O)CCCOc1ccc(C=O)cc1.CCCCCCOc1ccc(CC(O)CN2CCCC2)cc1. The van der Waals surface area contributed by atoms with Crippen LogP contribution in [0.15, 0.2) is 48.5 Å². The molecule has 3 rings (SSSR count). The number of aliphatic hydroxyl groups is 1. The van der Waals surface area contributed by atoms with Crippen molar-refractivity contribution in [2.24, 2.45) is 0 Å². The van der Waals surface area contributed by atoms with Crippen LogP contribution in [0.25, 0.3) is 0 Å². The van der Waals surface area contributed by atoms with Crippen LogP contribution in [0.4, 0.5) is 0 Å². The Hall–Kier alpha value is -2.70. The van der Waals surface area contributed by atoms with Crippen molar-refractivity contribution in [2.45, 2.75) is 91.6 Å². The second kappa shape index (κ2) is 22.2. The fraction of sp³-hybridized carbons (Fsp3) is 0.576. The van der Waals surface area contributed by atoms with E-state index in [9.17, 15) is 14.7 Å². The van der Waals surface area contributed by atoms with Gasteiger partial charge in [-0.15, -0.1) is 0 Å². The largest absolute Gasteiger partial charge is 0.494 e. The number of β-amino-alcohol motifs (C(OH)–C–C–N with tert-alkyl or cyclic N) is 1. The van der Waals surface area contributed by atoms with Gasteiger partial charge in [-0.3, -0.25) is 4.79 Å². The molecule has 2 aromatic rings. The summed E-state index contributed by atoms with van der Waals surface area (Å²) in [4.78, 5) is 23.4. The van der Waals surface area contributed by atoms with Gasteiger partial charge in [0.2, 0.25) is 0 Å². The van der Waals surface area contributed by atoms with E-state index in [-0.39, 0.29) is 11.9 Å². The molecule has 1 N–H and O–H groups in total. The van der Waals surface area contributed by atoms with Gasteiger partial charge in [-0.2, -0.15) is 0 Å². The van der Waals surface area contributed by atoms with Crippen molar-refractivity contribution < 1.29 is 24.2 Å². The van der Waals surface area contributed by atoms with Gasteiger partial charge in [0, 0.05) is 18.5 Å². The second-order valence-electron chi connectivity index (χ2n) is 9.76. The van der Waals surface area contributed by atoms with Crippen LogP contribution in [0.3, 0.4) is 0 Å². The minimum atomic E-state index is -0.265. The summed E-state index contributed by atoms with van der Waals surface area (Å²) in [5.41, 5.74) is 1.82. The molecule has 2 aromatic carbocycles. The van der Waals surface area contributed by atoms with Gasteiger partial charge >= 0.3 is 0 Å². The average Bonchev–Trinajstić information content (AvgIpc) is 3.46. The molecule has 0 bridgehead atoms. The van der Waals surface area contributed by atoms with Gasteiger partial charge in [-0.1, -0.05) is 52.2 Å². The monoisotopic (exact) mass is 541 g/mol. The van der Waals surface area contributed by atoms with E-state index in [2.05, 4.69) is 24.0 Å². The molecule has 1 unspecified atom stereocenters. The lowest BCUT2D eigenvalue weighted by atomic mass is 10.1. The van der Waals surface area contributed by atoms with Crippen LogP contribution >= 0.6 is 0 Å². The lowest BCUT2D eigenvalue weighted by Gasteiger charge is -2.19. The molecule has 0 radical (unpaired) electrons. The van der Waals surface area contributed by atoms with Crippen LogP contribution in [-0.4, -0.2) is 61.0 Å². The molecule has 1 fully saturated rings. The number of ether oxygens (including phenoxy) is 2. The first-order valence-electron chi connectivity index (χ1n) is 14.8. The molecule has 39 heavy (non-hydrogen) atoms. The first kappa shape index (κ1) is 34.3. The third kappa shape index (κ3) is 16.8. The maximum absolute atomic E-state index is 10.6. The number of rotatable bonds is 16. The van der Waals surface area contributed by atoms with E-state index in [0.717, 1.165) is 63.3 Å². The topological polar surface area (TPSA) is 76.1 Å². The zero-order valence-electron chi connectivity index (χ0n) is 24.7. The number of carbonyl (C=O) groups excluding carboxylic acids is 2. The van der Waals surface area contributed by atoms with Crippen molar-refractivity contribution in [3.63, 3.8) is 0 Å². The molecular formula is C33H51NO5. The Morgan fingerprint density at radius 1 is 0.897 bits per heavy atom. The van der Waals surface area contributed by atoms with Crippen molar-refractivity contribution in [1.82, 2.24) is 4.90 Å². The Balaban J connectivity index is 0.000000391. The van der Waals surface area contributed by atoms with Gasteiger partial charge in [0.25, 0.3) is 0 Å². The van der Waals surface area contributed by atoms with Crippen LogP contribution in [0, 0.1) is 0 Å². The molecule has 218 valence electrons. The Kier molecular flexibility index (Phi) is 19.5. The van der Waals surface area contributed by atoms with Crippen LogP contribution in [0.5, 0.6) is 11.5 Å². The molecule has 1 aliphatic heterocycles. The number of carbonyl (C=O) groups is 2. The number of likely N-dealkylation sites (tertiary alicyclic amines) is 1. The number of hydrogen-bond acceptors (Lipinski definition) is 6. The molecule has 0 saturated carbocycles. The number of aldehydes is 1. The highest BCUT2D eigenvalue weighted by Gasteiger charge is 2.16. The Labute approximate surface area is 236 Å². The average molecular weight is 542 g/mol. The molecular weight excluding hydrogens is 490 g/mol. The van der Waals surface area contributed by atoms with E-state index < -0.39 is 0 Å². The number of benzene rings is 2. The quantitative estimate of drug-likeness (QED) is 0.184. The fourth-order valence-electron chi connectivity index (χ4n) is 4.19. The minimum absolute atomic E-state index is 0.176. The zero-order valence-corrected chi connectivity index (χ0v) is 24.7. The predicted molar refractivity (Wildman–Crippen MR) is 160 cm³/mol. The van der Waals surface area contributed by atoms with Crippen molar-refractivity contribution in [3.05, 3.63) is 59.7 Å². The standard InChI is InChI=1S/C19H31NO2.C12H14O3.C2H6/c1-2-3-4-7-14-22-19-10-8-17(9-11-19)15-18(21)16-20-12-5-6-13-20;1-10(14)3-2-8-15-12-6-4-11(9-13)5-7-12;1-2/h8-11,18,21H,2-7,12-16H2,1H3;4-7,9H,2-3,8H2,1H3;1-2H3. The lowest BCUT2D eigenvalue weighted by Crippen LogP contribution is -2.31. The normalized spacial score (nSPS) is 13.4. The molecule has 1 saturated heterocycles. The Morgan fingerprint density at radius 3 is 2.00 bits per heavy atom. The molecule has 1 aliphatic rings. The van der Waals surface area contributed by atoms with Crippen LogP contribution in [-0.2, 0) is 11.2 Å². The van der Waals surface area contributed by atoms with Crippen molar-refractivity contribution >= 4 is 12.1 Å². The highest BCUT2D eigenvalue weighted by molar-refractivity contribution is 5.75. The number of unbranched alkanes of at least 4 members (excludes halogenated alkanes) is 3. The number of aliphatic hydroxyl groups excluding tert-OH is 1. The van der Waals surface area contributed by atoms with Crippen LogP contribution in [0.1, 0.15) is 95.0 Å². The maximum atomic E-state index is 10.6. The van der Waals surface area contributed by atoms with Gasteiger partial charge in [0.15, 0.2) is 0 Å². The van der Waals surface area contributed by atoms with E-state index in [4.69, 9.17) is 9.47 Å². The lowest BCUT2D eigenvalue weighted by molar-refractivity contribution is -0.117. The first-order chi connectivity index (χ1) is 19.0. The summed E-state index contributed by atoms with van der Waals surface area (Å²) in [6, 6.07) is 15.1. The molecule has 0 spiro atoms. The fourth-order valence-corrected chi connectivity index (χ4v) is 4.19. The summed E-state index contributed by atoms with van der Waals surface area (Å²) in [7, 11) is 0. The summed E-state index contributed by atoms with van der Waals surface area (Å²) < 4.78 is 11.1. The number of ketones is 1. The van der Waals surface area contributed by atoms with Crippen molar-refractivity contribution in [1.29, 1.82) is 0 Å². The minimum Gasteiger partial charge on any atom is -0.494 e. The number of nitrogens with zero attached hydrogens (tertiary/aromatic N) is 1. The Bertz CT molecular complexity index is 876. The van der Waals surface area contributed by atoms with E-state index in [1.807, 2.05) is 26.0 Å². The van der Waals surface area contributed by atoms with E-state index in [0.29, 0.717) is 18.6 Å². The molecule has 1 atom stereocenters.